The number of carbonyl (C=O) groups excluding carboxylic acids is 1. The highest BCUT2D eigenvalue weighted by Crippen LogP contribution is 2.22. The van der Waals surface area contributed by atoms with Gasteiger partial charge in [-0.25, -0.2) is 14.1 Å². The fraction of sp³-hybridized carbons (Fsp3) is 0.267. The van der Waals surface area contributed by atoms with Crippen molar-refractivity contribution >= 4 is 17.2 Å². The maximum absolute atomic E-state index is 12.9. The molecule has 0 atom stereocenters. The molecule has 2 heterocycles. The van der Waals surface area contributed by atoms with E-state index in [1.807, 2.05) is 5.38 Å². The maximum atomic E-state index is 12.9. The first-order valence-corrected chi connectivity index (χ1v) is 8.19. The van der Waals surface area contributed by atoms with Crippen molar-refractivity contribution < 1.29 is 9.18 Å². The SMILES string of the molecule is Cc1nnnn1CCC(=O)NCc1nc(-c2ccc(F)cc2)cs1. The number of amides is 1. The van der Waals surface area contributed by atoms with Crippen molar-refractivity contribution in [1.29, 1.82) is 0 Å². The van der Waals surface area contributed by atoms with E-state index in [0.29, 0.717) is 25.3 Å². The first kappa shape index (κ1) is 16.2. The predicted molar refractivity (Wildman–Crippen MR) is 86.5 cm³/mol. The quantitative estimate of drug-likeness (QED) is 0.737. The number of tetrazole rings is 1. The summed E-state index contributed by atoms with van der Waals surface area (Å²) in [5, 5.41) is 16.6. The molecule has 1 amide bonds. The number of nitrogens with one attached hydrogen (secondary N) is 1. The average molecular weight is 346 g/mol. The summed E-state index contributed by atoms with van der Waals surface area (Å²) < 4.78 is 14.5. The van der Waals surface area contributed by atoms with Crippen molar-refractivity contribution in [2.24, 2.45) is 0 Å². The number of hydrogen-bond donors (Lipinski definition) is 1. The Bertz CT molecular complexity index is 829. The summed E-state index contributed by atoms with van der Waals surface area (Å²) >= 11 is 1.45. The van der Waals surface area contributed by atoms with E-state index in [-0.39, 0.29) is 11.7 Å². The zero-order valence-corrected chi connectivity index (χ0v) is 13.8. The first-order valence-electron chi connectivity index (χ1n) is 7.31. The second-order valence-corrected chi connectivity index (χ2v) is 6.05. The Balaban J connectivity index is 1.51. The summed E-state index contributed by atoms with van der Waals surface area (Å²) in [6, 6.07) is 6.16. The largest absolute Gasteiger partial charge is 0.350 e. The summed E-state index contributed by atoms with van der Waals surface area (Å²) in [6.07, 6.45) is 0.294. The second-order valence-electron chi connectivity index (χ2n) is 5.11. The van der Waals surface area contributed by atoms with Crippen LogP contribution < -0.4 is 5.32 Å². The topological polar surface area (TPSA) is 85.6 Å². The monoisotopic (exact) mass is 346 g/mol. The second kappa shape index (κ2) is 7.26. The van der Waals surface area contributed by atoms with Gasteiger partial charge in [-0.3, -0.25) is 4.79 Å². The zero-order valence-electron chi connectivity index (χ0n) is 12.9. The van der Waals surface area contributed by atoms with Crippen LogP contribution in [0.5, 0.6) is 0 Å². The van der Waals surface area contributed by atoms with Crippen LogP contribution in [0, 0.1) is 12.7 Å². The molecular weight excluding hydrogens is 331 g/mol. The Kier molecular flexibility index (Phi) is 4.90. The maximum Gasteiger partial charge on any atom is 0.222 e. The number of nitrogens with zero attached hydrogens (tertiary/aromatic N) is 5. The van der Waals surface area contributed by atoms with E-state index in [9.17, 15) is 9.18 Å². The highest BCUT2D eigenvalue weighted by Gasteiger charge is 2.08. The standard InChI is InChI=1S/C15H15FN6OS/c1-10-19-20-21-22(10)7-6-14(23)17-8-15-18-13(9-24-15)11-2-4-12(16)5-3-11/h2-5,9H,6-8H2,1H3,(H,17,23). The van der Waals surface area contributed by atoms with Crippen molar-refractivity contribution in [3.63, 3.8) is 0 Å². The summed E-state index contributed by atoms with van der Waals surface area (Å²) in [7, 11) is 0. The first-order chi connectivity index (χ1) is 11.6. The predicted octanol–water partition coefficient (Wildman–Crippen LogP) is 1.95. The van der Waals surface area contributed by atoms with E-state index in [1.165, 1.54) is 23.5 Å². The summed E-state index contributed by atoms with van der Waals surface area (Å²) in [6.45, 7) is 2.58. The molecule has 0 spiro atoms. The highest BCUT2D eigenvalue weighted by atomic mass is 32.1. The number of aromatic nitrogens is 5. The Morgan fingerprint density at radius 1 is 1.33 bits per heavy atom. The van der Waals surface area contributed by atoms with Crippen molar-refractivity contribution in [2.75, 3.05) is 0 Å². The lowest BCUT2D eigenvalue weighted by Gasteiger charge is -2.03. The third-order valence-electron chi connectivity index (χ3n) is 3.39. The Morgan fingerprint density at radius 2 is 2.12 bits per heavy atom. The van der Waals surface area contributed by atoms with Gasteiger partial charge in [-0.2, -0.15) is 0 Å². The van der Waals surface area contributed by atoms with Crippen LogP contribution in [0.25, 0.3) is 11.3 Å². The molecule has 0 aliphatic rings. The Labute approximate surface area is 141 Å². The highest BCUT2D eigenvalue weighted by molar-refractivity contribution is 7.09. The fourth-order valence-electron chi connectivity index (χ4n) is 2.07. The molecule has 7 nitrogen and oxygen atoms in total. The molecule has 24 heavy (non-hydrogen) atoms. The van der Waals surface area contributed by atoms with Gasteiger partial charge in [0.2, 0.25) is 5.91 Å². The van der Waals surface area contributed by atoms with Crippen LogP contribution in [0.1, 0.15) is 17.3 Å². The fourth-order valence-corrected chi connectivity index (χ4v) is 2.81. The molecule has 1 N–H and O–H groups in total. The number of aryl methyl sites for hydroxylation is 2. The van der Waals surface area contributed by atoms with Crippen LogP contribution in [0.4, 0.5) is 4.39 Å². The Hall–Kier alpha value is -2.68. The van der Waals surface area contributed by atoms with E-state index in [1.54, 1.807) is 23.7 Å². The van der Waals surface area contributed by atoms with Crippen LogP contribution in [0.15, 0.2) is 29.6 Å². The molecule has 2 aromatic heterocycles. The molecule has 3 aromatic rings. The molecule has 0 aliphatic carbocycles. The summed E-state index contributed by atoms with van der Waals surface area (Å²) in [5.41, 5.74) is 1.62. The van der Waals surface area contributed by atoms with Crippen molar-refractivity contribution in [1.82, 2.24) is 30.5 Å². The van der Waals surface area contributed by atoms with Crippen LogP contribution >= 0.6 is 11.3 Å². The molecule has 0 fully saturated rings. The molecule has 124 valence electrons. The van der Waals surface area contributed by atoms with Gasteiger partial charge in [0.05, 0.1) is 18.8 Å². The molecule has 0 radical (unpaired) electrons. The smallest absolute Gasteiger partial charge is 0.222 e. The number of carbonyl (C=O) groups is 1. The minimum atomic E-state index is -0.278. The zero-order chi connectivity index (χ0) is 16.9. The minimum absolute atomic E-state index is 0.0940. The van der Waals surface area contributed by atoms with Gasteiger partial charge in [0.25, 0.3) is 0 Å². The van der Waals surface area contributed by atoms with Gasteiger partial charge in [-0.15, -0.1) is 16.4 Å². The molecule has 0 saturated heterocycles. The lowest BCUT2D eigenvalue weighted by molar-refractivity contribution is -0.121. The van der Waals surface area contributed by atoms with E-state index >= 15 is 0 Å². The van der Waals surface area contributed by atoms with Crippen molar-refractivity contribution in [2.45, 2.75) is 26.4 Å². The van der Waals surface area contributed by atoms with E-state index < -0.39 is 0 Å². The van der Waals surface area contributed by atoms with E-state index in [2.05, 4.69) is 25.8 Å². The number of hydrogen-bond acceptors (Lipinski definition) is 6. The molecular formula is C15H15FN6OS. The van der Waals surface area contributed by atoms with Crippen LogP contribution in [-0.4, -0.2) is 31.1 Å². The van der Waals surface area contributed by atoms with Gasteiger partial charge >= 0.3 is 0 Å². The van der Waals surface area contributed by atoms with Gasteiger partial charge < -0.3 is 5.32 Å². The number of rotatable bonds is 6. The minimum Gasteiger partial charge on any atom is -0.350 e. The van der Waals surface area contributed by atoms with Gasteiger partial charge in [-0.05, 0) is 41.6 Å². The normalized spacial score (nSPS) is 10.8. The van der Waals surface area contributed by atoms with Crippen molar-refractivity contribution in [3.05, 3.63) is 46.3 Å². The van der Waals surface area contributed by atoms with E-state index in [4.69, 9.17) is 0 Å². The number of benzene rings is 1. The van der Waals surface area contributed by atoms with Crippen LogP contribution in [-0.2, 0) is 17.9 Å². The summed E-state index contributed by atoms with van der Waals surface area (Å²) in [5.74, 6) is 0.300. The molecule has 9 heteroatoms. The third-order valence-corrected chi connectivity index (χ3v) is 4.24. The van der Waals surface area contributed by atoms with Gasteiger partial charge in [0.1, 0.15) is 16.6 Å². The molecule has 0 aliphatic heterocycles. The molecule has 0 unspecified atom stereocenters. The molecule has 0 saturated carbocycles. The van der Waals surface area contributed by atoms with Crippen molar-refractivity contribution in [3.8, 4) is 11.3 Å². The van der Waals surface area contributed by atoms with Crippen LogP contribution in [0.3, 0.4) is 0 Å². The van der Waals surface area contributed by atoms with Gasteiger partial charge in [-0.1, -0.05) is 0 Å². The lowest BCUT2D eigenvalue weighted by atomic mass is 10.2. The summed E-state index contributed by atoms with van der Waals surface area (Å²) in [4.78, 5) is 16.3. The lowest BCUT2D eigenvalue weighted by Crippen LogP contribution is -2.24. The molecule has 1 aromatic carbocycles. The van der Waals surface area contributed by atoms with Crippen LogP contribution in [0.2, 0.25) is 0 Å². The molecule has 3 rings (SSSR count). The third kappa shape index (κ3) is 3.99. The van der Waals surface area contributed by atoms with Gasteiger partial charge in [0.15, 0.2) is 0 Å². The average Bonchev–Trinajstić information content (AvgIpc) is 3.21. The number of thiazole rings is 1. The number of halogens is 1. The van der Waals surface area contributed by atoms with E-state index in [0.717, 1.165) is 16.3 Å². The Morgan fingerprint density at radius 3 is 2.83 bits per heavy atom. The molecule has 0 bridgehead atoms. The van der Waals surface area contributed by atoms with Gasteiger partial charge in [0, 0.05) is 17.4 Å².